The van der Waals surface area contributed by atoms with Crippen molar-refractivity contribution in [2.45, 2.75) is 17.4 Å². The van der Waals surface area contributed by atoms with Crippen LogP contribution in [0.25, 0.3) is 0 Å². The first kappa shape index (κ1) is 13.1. The van der Waals surface area contributed by atoms with Gasteiger partial charge in [0.15, 0.2) is 0 Å². The van der Waals surface area contributed by atoms with Crippen LogP contribution in [0.15, 0.2) is 53.7 Å². The van der Waals surface area contributed by atoms with Gasteiger partial charge in [0.25, 0.3) is 5.91 Å². The third-order valence-electron chi connectivity index (χ3n) is 3.15. The maximum absolute atomic E-state index is 12.1. The minimum absolute atomic E-state index is 0.0914. The summed E-state index contributed by atoms with van der Waals surface area (Å²) in [7, 11) is 0. The number of pyridine rings is 1. The molecule has 1 aliphatic heterocycles. The van der Waals surface area contributed by atoms with Crippen LogP contribution in [0.1, 0.15) is 17.0 Å². The minimum atomic E-state index is -0.134. The maximum atomic E-state index is 12.1. The lowest BCUT2D eigenvalue weighted by Gasteiger charge is -2.11. The number of hydroxylamine groups is 1. The lowest BCUT2D eigenvalue weighted by molar-refractivity contribution is -0.135. The van der Waals surface area contributed by atoms with E-state index in [1.807, 2.05) is 36.4 Å². The second-order valence-electron chi connectivity index (χ2n) is 4.52. The zero-order valence-electron chi connectivity index (χ0n) is 10.8. The molecule has 0 spiro atoms. The van der Waals surface area contributed by atoms with Crippen LogP contribution in [-0.4, -0.2) is 16.6 Å². The predicted octanol–water partition coefficient (Wildman–Crippen LogP) is 2.52. The Hall–Kier alpha value is -1.85. The van der Waals surface area contributed by atoms with Gasteiger partial charge in [-0.15, -0.1) is 11.8 Å². The molecule has 1 aromatic carbocycles. The van der Waals surface area contributed by atoms with Crippen molar-refractivity contribution in [3.63, 3.8) is 0 Å². The Labute approximate surface area is 121 Å². The van der Waals surface area contributed by atoms with E-state index in [1.54, 1.807) is 24.2 Å². The van der Waals surface area contributed by atoms with Gasteiger partial charge in [-0.25, -0.2) is 5.48 Å². The molecule has 1 N–H and O–H groups in total. The minimum Gasteiger partial charge on any atom is -0.272 e. The van der Waals surface area contributed by atoms with E-state index in [4.69, 9.17) is 4.84 Å². The number of carbonyl (C=O) groups is 1. The summed E-state index contributed by atoms with van der Waals surface area (Å²) in [6, 6.07) is 11.7. The number of fused-ring (bicyclic) bond motifs is 1. The summed E-state index contributed by atoms with van der Waals surface area (Å²) in [5, 5.41) is 0. The van der Waals surface area contributed by atoms with Crippen molar-refractivity contribution in [2.24, 2.45) is 0 Å². The second kappa shape index (κ2) is 6.07. The summed E-state index contributed by atoms with van der Waals surface area (Å²) in [5.41, 5.74) is 4.54. The van der Waals surface area contributed by atoms with Crippen molar-refractivity contribution >= 4 is 17.7 Å². The van der Waals surface area contributed by atoms with Crippen LogP contribution in [0.3, 0.4) is 0 Å². The van der Waals surface area contributed by atoms with Gasteiger partial charge in [0.1, 0.15) is 6.61 Å². The topological polar surface area (TPSA) is 51.2 Å². The number of nitrogens with zero attached hydrogens (tertiary/aromatic N) is 1. The monoisotopic (exact) mass is 286 g/mol. The van der Waals surface area contributed by atoms with E-state index in [1.165, 1.54) is 4.90 Å². The van der Waals surface area contributed by atoms with E-state index in [0.717, 1.165) is 16.9 Å². The van der Waals surface area contributed by atoms with Gasteiger partial charge in [0, 0.05) is 23.0 Å². The van der Waals surface area contributed by atoms with Crippen molar-refractivity contribution in [3.8, 4) is 0 Å². The van der Waals surface area contributed by atoms with E-state index in [0.29, 0.717) is 6.61 Å². The van der Waals surface area contributed by atoms with Crippen LogP contribution in [0.4, 0.5) is 0 Å². The normalized spacial score (nSPS) is 16.7. The number of hydrogen-bond donors (Lipinski definition) is 1. The van der Waals surface area contributed by atoms with E-state index >= 15 is 0 Å². The number of thioether (sulfide) groups is 1. The molecule has 3 rings (SSSR count). The van der Waals surface area contributed by atoms with Gasteiger partial charge < -0.3 is 0 Å². The molecule has 2 aromatic rings. The highest BCUT2D eigenvalue weighted by Crippen LogP contribution is 2.39. The van der Waals surface area contributed by atoms with E-state index in [2.05, 4.69) is 10.5 Å². The highest BCUT2D eigenvalue weighted by atomic mass is 32.2. The van der Waals surface area contributed by atoms with Crippen molar-refractivity contribution in [3.05, 3.63) is 59.9 Å². The number of hydrogen-bond acceptors (Lipinski definition) is 4. The Kier molecular flexibility index (Phi) is 3.99. The predicted molar refractivity (Wildman–Crippen MR) is 77.1 cm³/mol. The molecule has 2 heterocycles. The molecule has 0 bridgehead atoms. The molecule has 1 amide bonds. The Balaban J connectivity index is 1.56. The summed E-state index contributed by atoms with van der Waals surface area (Å²) in [6.07, 6.45) is 3.42. The Morgan fingerprint density at radius 1 is 1.35 bits per heavy atom. The van der Waals surface area contributed by atoms with Crippen LogP contribution in [0, 0.1) is 0 Å². The van der Waals surface area contributed by atoms with Gasteiger partial charge >= 0.3 is 0 Å². The number of benzene rings is 1. The van der Waals surface area contributed by atoms with Gasteiger partial charge in [-0.1, -0.05) is 24.3 Å². The Bertz CT molecular complexity index is 604. The molecule has 5 heteroatoms. The molecule has 1 unspecified atom stereocenters. The van der Waals surface area contributed by atoms with Gasteiger partial charge in [-0.2, -0.15) is 0 Å². The van der Waals surface area contributed by atoms with E-state index in [9.17, 15) is 4.79 Å². The Morgan fingerprint density at radius 2 is 2.25 bits per heavy atom. The molecule has 0 fully saturated rings. The maximum Gasteiger partial charge on any atom is 0.251 e. The molecule has 1 atom stereocenters. The summed E-state index contributed by atoms with van der Waals surface area (Å²) in [4.78, 5) is 22.6. The molecule has 102 valence electrons. The van der Waals surface area contributed by atoms with Crippen molar-refractivity contribution in [2.75, 3.05) is 5.75 Å². The molecule has 1 aliphatic rings. The van der Waals surface area contributed by atoms with Crippen molar-refractivity contribution < 1.29 is 9.63 Å². The SMILES string of the molecule is O=C(NOCc1cccnc1)C1CSc2ccccc21. The van der Waals surface area contributed by atoms with Crippen LogP contribution < -0.4 is 5.48 Å². The molecular weight excluding hydrogens is 272 g/mol. The molecule has 20 heavy (non-hydrogen) atoms. The molecule has 0 saturated heterocycles. The molecule has 0 radical (unpaired) electrons. The molecule has 4 nitrogen and oxygen atoms in total. The molecule has 0 saturated carbocycles. The highest BCUT2D eigenvalue weighted by Gasteiger charge is 2.28. The first-order valence-electron chi connectivity index (χ1n) is 6.37. The summed E-state index contributed by atoms with van der Waals surface area (Å²) in [5.74, 6) is 0.540. The van der Waals surface area contributed by atoms with Gasteiger partial charge in [-0.3, -0.25) is 14.6 Å². The van der Waals surface area contributed by atoms with Crippen LogP contribution in [-0.2, 0) is 16.2 Å². The third-order valence-corrected chi connectivity index (χ3v) is 4.33. The Morgan fingerprint density at radius 3 is 3.10 bits per heavy atom. The summed E-state index contributed by atoms with van der Waals surface area (Å²) in [6.45, 7) is 0.321. The molecule has 0 aliphatic carbocycles. The number of nitrogens with one attached hydrogen (secondary N) is 1. The van der Waals surface area contributed by atoms with Crippen LogP contribution >= 0.6 is 11.8 Å². The zero-order valence-corrected chi connectivity index (χ0v) is 11.6. The standard InChI is InChI=1S/C15H14N2O2S/c18-15(17-19-9-11-4-3-7-16-8-11)13-10-20-14-6-2-1-5-12(13)14/h1-8,13H,9-10H2,(H,17,18). The lowest BCUT2D eigenvalue weighted by atomic mass is 10.0. The summed E-state index contributed by atoms with van der Waals surface area (Å²) >= 11 is 1.71. The first-order chi connectivity index (χ1) is 9.84. The third kappa shape index (κ3) is 2.84. The number of carbonyl (C=O) groups excluding carboxylic acids is 1. The smallest absolute Gasteiger partial charge is 0.251 e. The zero-order chi connectivity index (χ0) is 13.8. The number of rotatable bonds is 4. The van der Waals surface area contributed by atoms with Crippen LogP contribution in [0.2, 0.25) is 0 Å². The van der Waals surface area contributed by atoms with Gasteiger partial charge in [0.2, 0.25) is 0 Å². The molecule has 1 aromatic heterocycles. The average molecular weight is 286 g/mol. The van der Waals surface area contributed by atoms with Gasteiger partial charge in [-0.05, 0) is 23.3 Å². The molecular formula is C15H14N2O2S. The fourth-order valence-corrected chi connectivity index (χ4v) is 3.35. The lowest BCUT2D eigenvalue weighted by Crippen LogP contribution is -2.29. The number of aromatic nitrogens is 1. The summed E-state index contributed by atoms with van der Waals surface area (Å²) < 4.78 is 0. The second-order valence-corrected chi connectivity index (χ2v) is 5.58. The van der Waals surface area contributed by atoms with Crippen molar-refractivity contribution in [1.29, 1.82) is 0 Å². The quantitative estimate of drug-likeness (QED) is 0.878. The fraction of sp³-hybridized carbons (Fsp3) is 0.200. The van der Waals surface area contributed by atoms with E-state index in [-0.39, 0.29) is 11.8 Å². The fourth-order valence-electron chi connectivity index (χ4n) is 2.12. The average Bonchev–Trinajstić information content (AvgIpc) is 2.92. The van der Waals surface area contributed by atoms with Gasteiger partial charge in [0.05, 0.1) is 5.92 Å². The van der Waals surface area contributed by atoms with Crippen LogP contribution in [0.5, 0.6) is 0 Å². The number of amides is 1. The largest absolute Gasteiger partial charge is 0.272 e. The van der Waals surface area contributed by atoms with E-state index < -0.39 is 0 Å². The van der Waals surface area contributed by atoms with Crippen molar-refractivity contribution in [1.82, 2.24) is 10.5 Å². The first-order valence-corrected chi connectivity index (χ1v) is 7.35. The highest BCUT2D eigenvalue weighted by molar-refractivity contribution is 7.99.